The lowest BCUT2D eigenvalue weighted by atomic mass is 10.1. The van der Waals surface area contributed by atoms with Crippen LogP contribution in [0.2, 0.25) is 0 Å². The Kier molecular flexibility index (Phi) is 4.13. The van der Waals surface area contributed by atoms with Crippen molar-refractivity contribution in [1.82, 2.24) is 0 Å². The fourth-order valence-corrected chi connectivity index (χ4v) is 1.84. The van der Waals surface area contributed by atoms with E-state index >= 15 is 0 Å². The lowest BCUT2D eigenvalue weighted by Crippen LogP contribution is -2.31. The number of nitrogens with zero attached hydrogens (tertiary/aromatic N) is 1. The molecule has 0 aliphatic heterocycles. The molecule has 0 bridgehead atoms. The van der Waals surface area contributed by atoms with Crippen LogP contribution in [0.15, 0.2) is 54.6 Å². The van der Waals surface area contributed by atoms with Crippen LogP contribution in [-0.4, -0.2) is 17.7 Å². The fourth-order valence-electron chi connectivity index (χ4n) is 1.84. The Balaban J connectivity index is 2.09. The standard InChI is InChI=1S/C15H14FNO2/c16-13-6-8-14(9-7-13)17(15(18)19)11-10-12-4-2-1-3-5-12/h1-9H,10-11H2,(H,18,19). The summed E-state index contributed by atoms with van der Waals surface area (Å²) in [6.45, 7) is 0.338. The molecule has 0 radical (unpaired) electrons. The molecular weight excluding hydrogens is 245 g/mol. The van der Waals surface area contributed by atoms with Gasteiger partial charge in [-0.25, -0.2) is 9.18 Å². The van der Waals surface area contributed by atoms with Crippen LogP contribution in [0.5, 0.6) is 0 Å². The Bertz CT molecular complexity index is 540. The highest BCUT2D eigenvalue weighted by atomic mass is 19.1. The molecule has 1 N–H and O–H groups in total. The summed E-state index contributed by atoms with van der Waals surface area (Å²) in [5, 5.41) is 9.21. The fraction of sp³-hybridized carbons (Fsp3) is 0.133. The molecule has 0 heterocycles. The molecule has 0 aromatic heterocycles. The summed E-state index contributed by atoms with van der Waals surface area (Å²) in [7, 11) is 0. The number of anilines is 1. The first-order valence-electron chi connectivity index (χ1n) is 5.97. The van der Waals surface area contributed by atoms with E-state index in [1.54, 1.807) is 0 Å². The van der Waals surface area contributed by atoms with Gasteiger partial charge >= 0.3 is 6.09 Å². The van der Waals surface area contributed by atoms with Crippen LogP contribution in [0.25, 0.3) is 0 Å². The third-order valence-corrected chi connectivity index (χ3v) is 2.84. The number of carbonyl (C=O) groups is 1. The zero-order valence-corrected chi connectivity index (χ0v) is 10.3. The Morgan fingerprint density at radius 3 is 2.26 bits per heavy atom. The Morgan fingerprint density at radius 2 is 1.68 bits per heavy atom. The van der Waals surface area contributed by atoms with Crippen LogP contribution in [0.4, 0.5) is 14.9 Å². The number of hydrogen-bond donors (Lipinski definition) is 1. The predicted octanol–water partition coefficient (Wildman–Crippen LogP) is 3.55. The molecule has 4 heteroatoms. The SMILES string of the molecule is O=C(O)N(CCc1ccccc1)c1ccc(F)cc1. The zero-order chi connectivity index (χ0) is 13.7. The first-order valence-corrected chi connectivity index (χ1v) is 5.97. The zero-order valence-electron chi connectivity index (χ0n) is 10.3. The summed E-state index contributed by atoms with van der Waals surface area (Å²) in [5.74, 6) is -0.378. The summed E-state index contributed by atoms with van der Waals surface area (Å²) < 4.78 is 12.8. The van der Waals surface area contributed by atoms with Gasteiger partial charge in [-0.15, -0.1) is 0 Å². The van der Waals surface area contributed by atoms with Gasteiger partial charge in [0.25, 0.3) is 0 Å². The van der Waals surface area contributed by atoms with Crippen LogP contribution in [0.3, 0.4) is 0 Å². The van der Waals surface area contributed by atoms with Crippen LogP contribution in [0.1, 0.15) is 5.56 Å². The molecular formula is C15H14FNO2. The average molecular weight is 259 g/mol. The normalized spacial score (nSPS) is 10.2. The number of benzene rings is 2. The van der Waals surface area contributed by atoms with E-state index in [2.05, 4.69) is 0 Å². The van der Waals surface area contributed by atoms with Crippen molar-refractivity contribution in [1.29, 1.82) is 0 Å². The van der Waals surface area contributed by atoms with E-state index in [0.717, 1.165) is 5.56 Å². The van der Waals surface area contributed by atoms with Crippen LogP contribution in [-0.2, 0) is 6.42 Å². The molecule has 0 fully saturated rings. The van der Waals surface area contributed by atoms with Gasteiger partial charge in [-0.1, -0.05) is 30.3 Å². The van der Waals surface area contributed by atoms with Gasteiger partial charge in [-0.2, -0.15) is 0 Å². The van der Waals surface area contributed by atoms with Crippen molar-refractivity contribution in [2.45, 2.75) is 6.42 Å². The van der Waals surface area contributed by atoms with Crippen molar-refractivity contribution in [2.24, 2.45) is 0 Å². The van der Waals surface area contributed by atoms with E-state index in [1.807, 2.05) is 30.3 Å². The molecule has 3 nitrogen and oxygen atoms in total. The summed E-state index contributed by atoms with van der Waals surface area (Å²) in [4.78, 5) is 12.5. The molecule has 2 rings (SSSR count). The van der Waals surface area contributed by atoms with E-state index < -0.39 is 6.09 Å². The minimum Gasteiger partial charge on any atom is -0.465 e. The van der Waals surface area contributed by atoms with Crippen LogP contribution >= 0.6 is 0 Å². The highest BCUT2D eigenvalue weighted by Crippen LogP contribution is 2.16. The van der Waals surface area contributed by atoms with Gasteiger partial charge in [0, 0.05) is 12.2 Å². The van der Waals surface area contributed by atoms with Gasteiger partial charge in [0.2, 0.25) is 0 Å². The molecule has 0 saturated heterocycles. The molecule has 1 amide bonds. The van der Waals surface area contributed by atoms with E-state index in [0.29, 0.717) is 18.7 Å². The molecule has 2 aromatic carbocycles. The van der Waals surface area contributed by atoms with Gasteiger partial charge in [0.05, 0.1) is 0 Å². The Hall–Kier alpha value is -2.36. The molecule has 0 aliphatic rings. The molecule has 0 saturated carbocycles. The van der Waals surface area contributed by atoms with Gasteiger partial charge in [-0.05, 0) is 36.2 Å². The summed E-state index contributed by atoms with van der Waals surface area (Å²) in [6, 6.07) is 15.1. The lowest BCUT2D eigenvalue weighted by Gasteiger charge is -2.19. The van der Waals surface area contributed by atoms with Gasteiger partial charge < -0.3 is 5.11 Å². The van der Waals surface area contributed by atoms with Crippen molar-refractivity contribution >= 4 is 11.8 Å². The van der Waals surface area contributed by atoms with E-state index in [1.165, 1.54) is 29.2 Å². The first-order chi connectivity index (χ1) is 9.16. The third-order valence-electron chi connectivity index (χ3n) is 2.84. The van der Waals surface area contributed by atoms with Crippen molar-refractivity contribution in [3.05, 3.63) is 66.0 Å². The molecule has 0 unspecified atom stereocenters. The van der Waals surface area contributed by atoms with E-state index in [4.69, 9.17) is 0 Å². The quantitative estimate of drug-likeness (QED) is 0.912. The summed E-state index contributed by atoms with van der Waals surface area (Å²) in [6.07, 6.45) is -0.424. The highest BCUT2D eigenvalue weighted by molar-refractivity contribution is 5.85. The molecule has 2 aromatic rings. The van der Waals surface area contributed by atoms with E-state index in [-0.39, 0.29) is 5.82 Å². The number of carboxylic acid groups (broad SMARTS) is 1. The van der Waals surface area contributed by atoms with Gasteiger partial charge in [0.1, 0.15) is 5.82 Å². The summed E-state index contributed by atoms with van der Waals surface area (Å²) in [5.41, 5.74) is 1.54. The minimum atomic E-state index is -1.04. The van der Waals surface area contributed by atoms with Crippen LogP contribution < -0.4 is 4.90 Å². The molecule has 0 atom stereocenters. The number of halogens is 1. The number of hydrogen-bond acceptors (Lipinski definition) is 1. The maximum absolute atomic E-state index is 12.8. The minimum absolute atomic E-state index is 0.338. The first kappa shape index (κ1) is 13.1. The second kappa shape index (κ2) is 6.00. The molecule has 19 heavy (non-hydrogen) atoms. The highest BCUT2D eigenvalue weighted by Gasteiger charge is 2.13. The van der Waals surface area contributed by atoms with Gasteiger partial charge in [0.15, 0.2) is 0 Å². The largest absolute Gasteiger partial charge is 0.465 e. The Labute approximate surface area is 110 Å². The average Bonchev–Trinajstić information content (AvgIpc) is 2.42. The number of amides is 1. The second-order valence-corrected chi connectivity index (χ2v) is 4.15. The molecule has 0 aliphatic carbocycles. The van der Waals surface area contributed by atoms with Crippen molar-refractivity contribution < 1.29 is 14.3 Å². The predicted molar refractivity (Wildman–Crippen MR) is 71.9 cm³/mol. The number of rotatable bonds is 4. The third kappa shape index (κ3) is 3.55. The summed E-state index contributed by atoms with van der Waals surface area (Å²) >= 11 is 0. The molecule has 0 spiro atoms. The lowest BCUT2D eigenvalue weighted by molar-refractivity contribution is 0.202. The van der Waals surface area contributed by atoms with Crippen molar-refractivity contribution in [3.8, 4) is 0 Å². The topological polar surface area (TPSA) is 40.5 Å². The van der Waals surface area contributed by atoms with E-state index in [9.17, 15) is 14.3 Å². The second-order valence-electron chi connectivity index (χ2n) is 4.15. The van der Waals surface area contributed by atoms with Crippen molar-refractivity contribution in [3.63, 3.8) is 0 Å². The maximum Gasteiger partial charge on any atom is 0.411 e. The maximum atomic E-state index is 12.8. The Morgan fingerprint density at radius 1 is 1.05 bits per heavy atom. The van der Waals surface area contributed by atoms with Gasteiger partial charge in [-0.3, -0.25) is 4.90 Å². The smallest absolute Gasteiger partial charge is 0.411 e. The molecule has 98 valence electrons. The van der Waals surface area contributed by atoms with Crippen molar-refractivity contribution in [2.75, 3.05) is 11.4 Å². The monoisotopic (exact) mass is 259 g/mol. The van der Waals surface area contributed by atoms with Crippen LogP contribution in [0, 0.1) is 5.82 Å².